The number of hydrogen-bond donors (Lipinski definition) is 1. The Morgan fingerprint density at radius 3 is 3.05 bits per heavy atom. The number of halogens is 1. The first-order valence-electron chi connectivity index (χ1n) is 6.85. The third kappa shape index (κ3) is 4.39. The van der Waals surface area contributed by atoms with Crippen molar-refractivity contribution in [2.24, 2.45) is 0 Å². The normalized spacial score (nSPS) is 22.6. The smallest absolute Gasteiger partial charge is 0.226 e. The van der Waals surface area contributed by atoms with Crippen molar-refractivity contribution in [3.63, 3.8) is 0 Å². The number of carbonyl (C=O) groups is 1. The first-order valence-corrected chi connectivity index (χ1v) is 7.23. The Labute approximate surface area is 124 Å². The van der Waals surface area contributed by atoms with E-state index in [1.807, 2.05) is 6.07 Å². The Balaban J connectivity index is 1.78. The standard InChI is InChI=1S/C15H20ClNO3/c1-15(19)7-3-8-17(11-15)14(18)6-9-20-13-5-2-4-12(16)10-13/h2,4-5,10,19H,3,6-9,11H2,1H3. The minimum absolute atomic E-state index is 0.0204. The van der Waals surface area contributed by atoms with Gasteiger partial charge in [-0.05, 0) is 38.0 Å². The average Bonchev–Trinajstić information content (AvgIpc) is 2.37. The lowest BCUT2D eigenvalue weighted by Crippen LogP contribution is -2.48. The molecule has 0 aliphatic carbocycles. The van der Waals surface area contributed by atoms with E-state index < -0.39 is 5.60 Å². The first kappa shape index (κ1) is 15.1. The fraction of sp³-hybridized carbons (Fsp3) is 0.533. The Hall–Kier alpha value is -1.26. The van der Waals surface area contributed by atoms with Crippen molar-refractivity contribution in [3.05, 3.63) is 29.3 Å². The summed E-state index contributed by atoms with van der Waals surface area (Å²) in [7, 11) is 0. The van der Waals surface area contributed by atoms with Gasteiger partial charge in [-0.2, -0.15) is 0 Å². The van der Waals surface area contributed by atoms with Gasteiger partial charge in [-0.3, -0.25) is 4.79 Å². The van der Waals surface area contributed by atoms with Crippen molar-refractivity contribution >= 4 is 17.5 Å². The Morgan fingerprint density at radius 2 is 2.35 bits per heavy atom. The number of piperidine rings is 1. The highest BCUT2D eigenvalue weighted by Crippen LogP contribution is 2.21. The zero-order valence-corrected chi connectivity index (χ0v) is 12.4. The number of β-amino-alcohol motifs (C(OH)–C–C–N with tert-alkyl or cyclic N) is 1. The summed E-state index contributed by atoms with van der Waals surface area (Å²) < 4.78 is 5.51. The average molecular weight is 298 g/mol. The molecule has 0 radical (unpaired) electrons. The minimum atomic E-state index is -0.762. The first-order chi connectivity index (χ1) is 9.46. The second-order valence-electron chi connectivity index (χ2n) is 5.47. The van der Waals surface area contributed by atoms with Crippen molar-refractivity contribution in [1.82, 2.24) is 4.90 Å². The van der Waals surface area contributed by atoms with E-state index in [1.165, 1.54) is 0 Å². The second-order valence-corrected chi connectivity index (χ2v) is 5.91. The Bertz CT molecular complexity index is 476. The quantitative estimate of drug-likeness (QED) is 0.929. The summed E-state index contributed by atoms with van der Waals surface area (Å²) in [6.45, 7) is 3.21. The van der Waals surface area contributed by atoms with Crippen molar-refractivity contribution in [1.29, 1.82) is 0 Å². The van der Waals surface area contributed by atoms with Crippen LogP contribution in [-0.4, -0.2) is 41.2 Å². The van der Waals surface area contributed by atoms with Crippen LogP contribution in [0.1, 0.15) is 26.2 Å². The van der Waals surface area contributed by atoms with Crippen LogP contribution >= 0.6 is 11.6 Å². The van der Waals surface area contributed by atoms with Gasteiger partial charge < -0.3 is 14.7 Å². The predicted octanol–water partition coefficient (Wildman–Crippen LogP) is 2.48. The van der Waals surface area contributed by atoms with Crippen molar-refractivity contribution in [2.45, 2.75) is 31.8 Å². The molecule has 5 heteroatoms. The molecule has 110 valence electrons. The molecule has 1 atom stereocenters. The molecule has 2 rings (SSSR count). The summed E-state index contributed by atoms with van der Waals surface area (Å²) in [6.07, 6.45) is 1.90. The molecule has 0 bridgehead atoms. The fourth-order valence-electron chi connectivity index (χ4n) is 2.40. The highest BCUT2D eigenvalue weighted by molar-refractivity contribution is 6.30. The maximum atomic E-state index is 12.1. The van der Waals surface area contributed by atoms with E-state index >= 15 is 0 Å². The van der Waals surface area contributed by atoms with Crippen LogP contribution in [0.25, 0.3) is 0 Å². The van der Waals surface area contributed by atoms with Gasteiger partial charge in [-0.15, -0.1) is 0 Å². The number of ether oxygens (including phenoxy) is 1. The van der Waals surface area contributed by atoms with Gasteiger partial charge in [0.2, 0.25) is 5.91 Å². The lowest BCUT2D eigenvalue weighted by Gasteiger charge is -2.36. The lowest BCUT2D eigenvalue weighted by molar-refractivity contribution is -0.138. The third-order valence-electron chi connectivity index (χ3n) is 3.41. The molecule has 1 N–H and O–H groups in total. The van der Waals surface area contributed by atoms with E-state index in [2.05, 4.69) is 0 Å². The molecular weight excluding hydrogens is 278 g/mol. The zero-order chi connectivity index (χ0) is 14.6. The number of carbonyl (C=O) groups excluding carboxylic acids is 1. The van der Waals surface area contributed by atoms with Crippen molar-refractivity contribution in [2.75, 3.05) is 19.7 Å². The Morgan fingerprint density at radius 1 is 1.55 bits per heavy atom. The van der Waals surface area contributed by atoms with Crippen LogP contribution in [0.5, 0.6) is 5.75 Å². The molecule has 1 aromatic rings. The fourth-order valence-corrected chi connectivity index (χ4v) is 2.58. The van der Waals surface area contributed by atoms with Crippen molar-refractivity contribution in [3.8, 4) is 5.75 Å². The molecule has 1 aliphatic heterocycles. The van der Waals surface area contributed by atoms with Crippen LogP contribution in [0.2, 0.25) is 5.02 Å². The van der Waals surface area contributed by atoms with Gasteiger partial charge in [-0.1, -0.05) is 17.7 Å². The van der Waals surface area contributed by atoms with Gasteiger partial charge in [0.1, 0.15) is 5.75 Å². The van der Waals surface area contributed by atoms with E-state index in [-0.39, 0.29) is 5.91 Å². The molecule has 20 heavy (non-hydrogen) atoms. The molecule has 0 aromatic heterocycles. The molecule has 1 saturated heterocycles. The van der Waals surface area contributed by atoms with Gasteiger partial charge in [0.15, 0.2) is 0 Å². The van der Waals surface area contributed by atoms with Gasteiger partial charge in [0.05, 0.1) is 18.6 Å². The molecule has 1 fully saturated rings. The monoisotopic (exact) mass is 297 g/mol. The Kier molecular flexibility index (Phi) is 4.89. The third-order valence-corrected chi connectivity index (χ3v) is 3.64. The van der Waals surface area contributed by atoms with Crippen LogP contribution in [-0.2, 0) is 4.79 Å². The highest BCUT2D eigenvalue weighted by atomic mass is 35.5. The van der Waals surface area contributed by atoms with Crippen LogP contribution in [0.15, 0.2) is 24.3 Å². The maximum absolute atomic E-state index is 12.1. The summed E-state index contributed by atoms with van der Waals surface area (Å²) >= 11 is 5.86. The van der Waals surface area contributed by atoms with E-state index in [0.29, 0.717) is 36.9 Å². The number of benzene rings is 1. The summed E-state index contributed by atoms with van der Waals surface area (Å²) in [6, 6.07) is 7.11. The molecule has 1 unspecified atom stereocenters. The summed E-state index contributed by atoms with van der Waals surface area (Å²) in [5.41, 5.74) is -0.762. The summed E-state index contributed by atoms with van der Waals surface area (Å²) in [4.78, 5) is 13.8. The van der Waals surface area contributed by atoms with Gasteiger partial charge in [0, 0.05) is 18.1 Å². The topological polar surface area (TPSA) is 49.8 Å². The molecular formula is C15H20ClNO3. The van der Waals surface area contributed by atoms with Gasteiger partial charge >= 0.3 is 0 Å². The molecule has 4 nitrogen and oxygen atoms in total. The SMILES string of the molecule is CC1(O)CCCN(C(=O)CCOc2cccc(Cl)c2)C1. The maximum Gasteiger partial charge on any atom is 0.226 e. The number of rotatable bonds is 4. The number of nitrogens with zero attached hydrogens (tertiary/aromatic N) is 1. The molecule has 1 amide bonds. The van der Waals surface area contributed by atoms with Crippen LogP contribution in [0.4, 0.5) is 0 Å². The lowest BCUT2D eigenvalue weighted by atomic mass is 9.95. The van der Waals surface area contributed by atoms with E-state index in [1.54, 1.807) is 30.0 Å². The van der Waals surface area contributed by atoms with E-state index in [9.17, 15) is 9.90 Å². The van der Waals surface area contributed by atoms with Gasteiger partial charge in [-0.25, -0.2) is 0 Å². The molecule has 0 saturated carbocycles. The van der Waals surface area contributed by atoms with Crippen LogP contribution in [0, 0.1) is 0 Å². The number of likely N-dealkylation sites (tertiary alicyclic amines) is 1. The van der Waals surface area contributed by atoms with E-state index in [0.717, 1.165) is 12.8 Å². The molecule has 0 spiro atoms. The van der Waals surface area contributed by atoms with Gasteiger partial charge in [0.25, 0.3) is 0 Å². The van der Waals surface area contributed by atoms with Crippen molar-refractivity contribution < 1.29 is 14.6 Å². The largest absolute Gasteiger partial charge is 0.493 e. The van der Waals surface area contributed by atoms with Crippen LogP contribution < -0.4 is 4.74 Å². The number of amides is 1. The minimum Gasteiger partial charge on any atom is -0.493 e. The van der Waals surface area contributed by atoms with Crippen LogP contribution in [0.3, 0.4) is 0 Å². The molecule has 1 aliphatic rings. The summed E-state index contributed by atoms with van der Waals surface area (Å²) in [5, 5.41) is 10.6. The molecule has 1 heterocycles. The van der Waals surface area contributed by atoms with E-state index in [4.69, 9.17) is 16.3 Å². The number of aliphatic hydroxyl groups is 1. The highest BCUT2D eigenvalue weighted by Gasteiger charge is 2.30. The zero-order valence-electron chi connectivity index (χ0n) is 11.6. The molecule has 1 aromatic carbocycles. The second kappa shape index (κ2) is 6.46. The predicted molar refractivity (Wildman–Crippen MR) is 78.0 cm³/mol. The summed E-state index contributed by atoms with van der Waals surface area (Å²) in [5.74, 6) is 0.683. The number of hydrogen-bond acceptors (Lipinski definition) is 3.